The fourth-order valence-electron chi connectivity index (χ4n) is 12.3. The van der Waals surface area contributed by atoms with Crippen LogP contribution in [0, 0.1) is 18.7 Å². The Balaban J connectivity index is 0.841. The molecule has 7 heterocycles. The Hall–Kier alpha value is -8.05. The van der Waals surface area contributed by atoms with Crippen LogP contribution in [-0.2, 0) is 27.5 Å². The number of likely N-dealkylation sites (tertiary alicyclic amines) is 1. The smallest absolute Gasteiger partial charge is 0.319 e. The summed E-state index contributed by atoms with van der Waals surface area (Å²) in [5.74, 6) is 0.292. The Morgan fingerprint density at radius 2 is 1.78 bits per heavy atom. The predicted octanol–water partition coefficient (Wildman–Crippen LogP) is 7.20. The molecule has 4 aliphatic rings. The number of aromatic amines is 1. The summed E-state index contributed by atoms with van der Waals surface area (Å²) in [6.07, 6.45) is 6.91. The zero-order valence-electron chi connectivity index (χ0n) is 47.7. The van der Waals surface area contributed by atoms with Crippen molar-refractivity contribution in [2.24, 2.45) is 5.92 Å². The molecule has 22 heteroatoms. The number of hydrogen-bond donors (Lipinski definition) is 5. The lowest BCUT2D eigenvalue weighted by Gasteiger charge is -2.30. The number of anilines is 1. The van der Waals surface area contributed by atoms with E-state index >= 15 is 4.39 Å². The molecule has 3 saturated heterocycles. The van der Waals surface area contributed by atoms with Crippen molar-refractivity contribution in [2.75, 3.05) is 52.0 Å². The Morgan fingerprint density at radius 3 is 2.49 bits per heavy atom. The fraction of sp³-hybridized carbons (Fsp3) is 0.443. The maximum absolute atomic E-state index is 16.2. The second-order valence-corrected chi connectivity index (χ2v) is 22.8. The Labute approximate surface area is 479 Å². The van der Waals surface area contributed by atoms with Gasteiger partial charge >= 0.3 is 6.01 Å². The lowest BCUT2D eigenvalue weighted by atomic mass is 9.88. The van der Waals surface area contributed by atoms with Crippen molar-refractivity contribution in [2.45, 2.75) is 122 Å². The number of amides is 2. The zero-order valence-corrected chi connectivity index (χ0v) is 47.7. The van der Waals surface area contributed by atoms with E-state index in [9.17, 15) is 19.8 Å². The number of halogens is 1. The van der Waals surface area contributed by atoms with E-state index in [0.29, 0.717) is 63.1 Å². The minimum atomic E-state index is -1.01. The number of carbonyl (C=O) groups excluding carboxylic acids is 2. The molecule has 434 valence electrons. The largest absolute Gasteiger partial charge is 0.496 e. The quantitative estimate of drug-likeness (QED) is 0.0478. The van der Waals surface area contributed by atoms with Crippen molar-refractivity contribution >= 4 is 39.4 Å². The number of benzene rings is 4. The summed E-state index contributed by atoms with van der Waals surface area (Å²) in [6.45, 7) is 11.6. The molecule has 1 aliphatic carbocycles. The van der Waals surface area contributed by atoms with E-state index in [2.05, 4.69) is 47.2 Å². The highest BCUT2D eigenvalue weighted by molar-refractivity contribution is 6.06. The van der Waals surface area contributed by atoms with Crippen LogP contribution in [0.4, 0.5) is 10.2 Å². The molecule has 21 nitrogen and oxygen atoms in total. The van der Waals surface area contributed by atoms with E-state index in [0.717, 1.165) is 76.9 Å². The van der Waals surface area contributed by atoms with Gasteiger partial charge < -0.3 is 49.6 Å². The summed E-state index contributed by atoms with van der Waals surface area (Å²) in [5.41, 5.74) is 8.33. The number of β-amino-alcohol motifs (C(OH)–C–C–N with tert-alkyl or cyclic N) is 1. The number of aliphatic hydroxyl groups excluding tert-OH is 2. The SMILES string of the molecule is CCn1nccc1-c1ccc([C@H](CO)NC(=O)[C@@H]2C[C@@H](O)CN2C(=O)[C@H](C(C)C)n2cc(-c3ccc(COc4c(-c5c(C)c(F)cc6[nH]ncc56)c(C5CC5)cc5c(N6C[C@@H]7C[C@H]6CN7)nc(OC[C@H](C)OC)nc45)cc3OC)nn2)cc1. The lowest BCUT2D eigenvalue weighted by Crippen LogP contribution is -2.50. The maximum Gasteiger partial charge on any atom is 0.319 e. The summed E-state index contributed by atoms with van der Waals surface area (Å²) >= 11 is 0. The first-order valence-electron chi connectivity index (χ1n) is 28.6. The first-order chi connectivity index (χ1) is 40.2. The van der Waals surface area contributed by atoms with Crippen molar-refractivity contribution in [3.05, 3.63) is 107 Å². The Morgan fingerprint density at radius 1 is 0.964 bits per heavy atom. The first kappa shape index (κ1) is 55.5. The van der Waals surface area contributed by atoms with Gasteiger partial charge in [0.2, 0.25) is 11.8 Å². The molecule has 1 saturated carbocycles. The molecule has 7 atom stereocenters. The van der Waals surface area contributed by atoms with Gasteiger partial charge in [-0.25, -0.2) is 9.07 Å². The van der Waals surface area contributed by atoms with E-state index in [4.69, 9.17) is 28.9 Å². The van der Waals surface area contributed by atoms with Gasteiger partial charge in [-0.1, -0.05) is 49.4 Å². The Kier molecular flexibility index (Phi) is 15.3. The molecule has 5 N–H and O–H groups in total. The average Bonchev–Trinajstić information content (AvgIpc) is 3.41. The van der Waals surface area contributed by atoms with Crippen LogP contribution >= 0.6 is 0 Å². The maximum atomic E-state index is 16.2. The number of nitrogens with zero attached hydrogens (tertiary/aromatic N) is 10. The van der Waals surface area contributed by atoms with E-state index < -0.39 is 36.0 Å². The average molecular weight is 1130 g/mol. The third kappa shape index (κ3) is 10.6. The van der Waals surface area contributed by atoms with Crippen molar-refractivity contribution in [1.82, 2.24) is 60.5 Å². The molecule has 0 spiro atoms. The van der Waals surface area contributed by atoms with Crippen LogP contribution in [0.2, 0.25) is 0 Å². The third-order valence-electron chi connectivity index (χ3n) is 16.9. The van der Waals surface area contributed by atoms with E-state index in [1.807, 2.05) is 80.9 Å². The summed E-state index contributed by atoms with van der Waals surface area (Å²) in [4.78, 5) is 42.8. The van der Waals surface area contributed by atoms with Crippen molar-refractivity contribution in [1.29, 1.82) is 0 Å². The van der Waals surface area contributed by atoms with Crippen LogP contribution < -0.4 is 29.7 Å². The second-order valence-electron chi connectivity index (χ2n) is 22.8. The van der Waals surface area contributed by atoms with Gasteiger partial charge in [0.25, 0.3) is 0 Å². The number of ether oxygens (including phenoxy) is 4. The fourth-order valence-corrected chi connectivity index (χ4v) is 12.3. The van der Waals surface area contributed by atoms with Crippen LogP contribution in [0.1, 0.15) is 93.6 Å². The van der Waals surface area contributed by atoms with Crippen molar-refractivity contribution < 1.29 is 43.1 Å². The molecule has 0 radical (unpaired) electrons. The highest BCUT2D eigenvalue weighted by Crippen LogP contribution is 2.54. The summed E-state index contributed by atoms with van der Waals surface area (Å²) < 4.78 is 44.6. The number of rotatable bonds is 21. The number of nitrogens with one attached hydrogen (secondary N) is 3. The molecule has 8 aromatic rings. The molecule has 3 aliphatic heterocycles. The molecule has 2 amide bonds. The molecule has 4 fully saturated rings. The summed E-state index contributed by atoms with van der Waals surface area (Å²) in [6, 6.07) is 16.8. The molecule has 4 aromatic carbocycles. The molecule has 2 bridgehead atoms. The number of aryl methyl sites for hydroxylation is 1. The number of methoxy groups -OCH3 is 2. The highest BCUT2D eigenvalue weighted by Gasteiger charge is 2.44. The number of fused-ring (bicyclic) bond motifs is 4. The van der Waals surface area contributed by atoms with Crippen molar-refractivity contribution in [3.63, 3.8) is 0 Å². The molecule has 12 rings (SSSR count). The molecular weight excluding hydrogens is 1060 g/mol. The van der Waals surface area contributed by atoms with Gasteiger partial charge in [0.05, 0.1) is 55.6 Å². The van der Waals surface area contributed by atoms with Crippen LogP contribution in [-0.4, -0.2) is 149 Å². The van der Waals surface area contributed by atoms with E-state index in [-0.39, 0.29) is 68.6 Å². The summed E-state index contributed by atoms with van der Waals surface area (Å²) in [5, 5.41) is 50.3. The molecule has 0 unspecified atom stereocenters. The number of carbonyl (C=O) groups is 2. The first-order valence-corrected chi connectivity index (χ1v) is 28.6. The minimum absolute atomic E-state index is 0.0221. The van der Waals surface area contributed by atoms with Crippen molar-refractivity contribution in [3.8, 4) is 51.2 Å². The highest BCUT2D eigenvalue weighted by atomic mass is 19.1. The zero-order chi connectivity index (χ0) is 57.8. The standard InChI is InChI=1S/C61H70FN13O8/c1-8-74-50(17-18-65-74)38-14-12-37(13-15-38)49(29-76)66-59(78)51-21-41(77)27-73(51)60(79)56(32(2)3)75-28-48(70-71-75)42-16-9-35(19-52(42)81-7)31-82-57-54(53-34(5)46(62)23-47-45(53)25-64-69-47)43(36-10-11-36)22-44-55(57)67-61(83-30-33(4)80-6)68-58(44)72-26-39-20-40(72)24-63-39/h9,12-19,22-23,25,28,32-33,36,39-41,49,51,56,63,76-77H,8,10-11,20-21,24,26-27,29-31H2,1-7H3,(H,64,69)(H,66,78)/t33-,39-,40-,41+,49-,51-,56-/m0/s1. The number of piperazine rings is 1. The van der Waals surface area contributed by atoms with Crippen LogP contribution in [0.5, 0.6) is 17.5 Å². The third-order valence-corrected chi connectivity index (χ3v) is 16.9. The van der Waals surface area contributed by atoms with Gasteiger partial charge in [0.15, 0.2) is 5.75 Å². The monoisotopic (exact) mass is 1130 g/mol. The van der Waals surface area contributed by atoms with E-state index in [1.165, 1.54) is 15.6 Å². The number of hydrogen-bond acceptors (Lipinski definition) is 16. The normalized spacial score (nSPS) is 19.7. The van der Waals surface area contributed by atoms with Gasteiger partial charge in [-0.3, -0.25) is 19.4 Å². The van der Waals surface area contributed by atoms with Crippen LogP contribution in [0.15, 0.2) is 79.3 Å². The molecule has 4 aromatic heterocycles. The van der Waals surface area contributed by atoms with E-state index in [1.54, 1.807) is 39.7 Å². The minimum Gasteiger partial charge on any atom is -0.496 e. The van der Waals surface area contributed by atoms with Gasteiger partial charge in [-0.05, 0) is 110 Å². The lowest BCUT2D eigenvalue weighted by molar-refractivity contribution is -0.142. The van der Waals surface area contributed by atoms with Gasteiger partial charge in [0, 0.05) is 85.5 Å². The Bertz CT molecular complexity index is 3710. The number of aromatic nitrogens is 9. The molecular formula is C61H70FN13O8. The number of H-pyrrole nitrogens is 1. The number of aliphatic hydroxyl groups is 2. The van der Waals surface area contributed by atoms with Crippen LogP contribution in [0.3, 0.4) is 0 Å². The predicted molar refractivity (Wildman–Crippen MR) is 308 cm³/mol. The molecule has 83 heavy (non-hydrogen) atoms. The second kappa shape index (κ2) is 22.9. The topological polar surface area (TPSA) is 245 Å². The summed E-state index contributed by atoms with van der Waals surface area (Å²) in [7, 11) is 3.20. The van der Waals surface area contributed by atoms with Gasteiger partial charge in [-0.2, -0.15) is 20.2 Å². The van der Waals surface area contributed by atoms with Gasteiger partial charge in [0.1, 0.15) is 53.9 Å². The van der Waals surface area contributed by atoms with Crippen LogP contribution in [0.25, 0.3) is 55.4 Å². The van der Waals surface area contributed by atoms with Gasteiger partial charge in [-0.15, -0.1) is 5.10 Å².